The lowest BCUT2D eigenvalue weighted by Crippen LogP contribution is -2.44. The first-order chi connectivity index (χ1) is 12.6. The fraction of sp³-hybridized carbons (Fsp3) is 0.300. The second-order valence-electron chi connectivity index (χ2n) is 6.46. The highest BCUT2D eigenvalue weighted by atomic mass is 16.2. The molecular weight excluding hydrogens is 328 g/mol. The van der Waals surface area contributed by atoms with E-state index in [0.29, 0.717) is 12.2 Å². The van der Waals surface area contributed by atoms with Crippen LogP contribution in [0.3, 0.4) is 0 Å². The molecule has 0 spiro atoms. The minimum Gasteiger partial charge on any atom is -0.369 e. The molecule has 6 heteroatoms. The predicted molar refractivity (Wildman–Crippen MR) is 103 cm³/mol. The van der Waals surface area contributed by atoms with Crippen molar-refractivity contribution < 1.29 is 9.59 Å². The molecule has 0 bridgehead atoms. The average Bonchev–Trinajstić information content (AvgIpc) is 2.68. The lowest BCUT2D eigenvalue weighted by molar-refractivity contribution is -0.136. The van der Waals surface area contributed by atoms with E-state index in [0.717, 1.165) is 37.4 Å². The van der Waals surface area contributed by atoms with Crippen molar-refractivity contribution in [1.29, 1.82) is 0 Å². The van der Waals surface area contributed by atoms with Crippen LogP contribution in [0.2, 0.25) is 0 Å². The Hall–Kier alpha value is -2.86. The topological polar surface area (TPSA) is 64.7 Å². The zero-order chi connectivity index (χ0) is 18.4. The zero-order valence-electron chi connectivity index (χ0n) is 14.9. The molecule has 1 heterocycles. The summed E-state index contributed by atoms with van der Waals surface area (Å²) in [5, 5.41) is 5.26. The molecule has 6 nitrogen and oxygen atoms in total. The van der Waals surface area contributed by atoms with Crippen molar-refractivity contribution in [2.24, 2.45) is 0 Å². The van der Waals surface area contributed by atoms with E-state index in [1.807, 2.05) is 54.6 Å². The summed E-state index contributed by atoms with van der Waals surface area (Å²) in [6.45, 7) is 4.39. The Morgan fingerprint density at radius 3 is 2.19 bits per heavy atom. The van der Waals surface area contributed by atoms with E-state index >= 15 is 0 Å². The van der Waals surface area contributed by atoms with Gasteiger partial charge in [0.2, 0.25) is 0 Å². The standard InChI is InChI=1S/C20H24N4O2/c1-23-11-13-24(14-12-23)18-9-7-17(8-10-18)22-20(26)19(25)21-15-16-5-3-2-4-6-16/h2-10H,11-15H2,1H3,(H,21,25)(H,22,26). The molecule has 0 aromatic heterocycles. The third-order valence-electron chi connectivity index (χ3n) is 4.50. The van der Waals surface area contributed by atoms with E-state index in [2.05, 4.69) is 27.5 Å². The molecule has 2 aromatic carbocycles. The lowest BCUT2D eigenvalue weighted by Gasteiger charge is -2.34. The van der Waals surface area contributed by atoms with Crippen LogP contribution in [0.1, 0.15) is 5.56 Å². The number of benzene rings is 2. The Kier molecular flexibility index (Phi) is 5.86. The van der Waals surface area contributed by atoms with Crippen LogP contribution < -0.4 is 15.5 Å². The molecule has 0 atom stereocenters. The maximum absolute atomic E-state index is 12.0. The summed E-state index contributed by atoms with van der Waals surface area (Å²) in [6.07, 6.45) is 0. The van der Waals surface area contributed by atoms with Gasteiger partial charge < -0.3 is 20.4 Å². The number of carbonyl (C=O) groups excluding carboxylic acids is 2. The summed E-state index contributed by atoms with van der Waals surface area (Å²) >= 11 is 0. The Morgan fingerprint density at radius 2 is 1.54 bits per heavy atom. The molecule has 2 N–H and O–H groups in total. The third-order valence-corrected chi connectivity index (χ3v) is 4.50. The molecule has 1 aliphatic heterocycles. The highest BCUT2D eigenvalue weighted by molar-refractivity contribution is 6.39. The third kappa shape index (κ3) is 4.83. The van der Waals surface area contributed by atoms with Crippen molar-refractivity contribution in [1.82, 2.24) is 10.2 Å². The van der Waals surface area contributed by atoms with Crippen LogP contribution in [0.4, 0.5) is 11.4 Å². The van der Waals surface area contributed by atoms with Crippen LogP contribution in [-0.2, 0) is 16.1 Å². The SMILES string of the molecule is CN1CCN(c2ccc(NC(=O)C(=O)NCc3ccccc3)cc2)CC1. The van der Waals surface area contributed by atoms with Gasteiger partial charge in [0.1, 0.15) is 0 Å². The molecule has 0 aliphatic carbocycles. The maximum atomic E-state index is 12.0. The summed E-state index contributed by atoms with van der Waals surface area (Å²) < 4.78 is 0. The molecule has 136 valence electrons. The van der Waals surface area contributed by atoms with E-state index in [1.54, 1.807) is 0 Å². The summed E-state index contributed by atoms with van der Waals surface area (Å²) in [5.41, 5.74) is 2.69. The largest absolute Gasteiger partial charge is 0.369 e. The van der Waals surface area contributed by atoms with Gasteiger partial charge in [-0.2, -0.15) is 0 Å². The summed E-state index contributed by atoms with van der Waals surface area (Å²) in [5.74, 6) is -1.30. The minimum atomic E-state index is -0.659. The van der Waals surface area contributed by atoms with Gasteiger partial charge in [0.15, 0.2) is 0 Å². The van der Waals surface area contributed by atoms with Crippen LogP contribution in [-0.4, -0.2) is 49.9 Å². The highest BCUT2D eigenvalue weighted by Crippen LogP contribution is 2.19. The van der Waals surface area contributed by atoms with Crippen molar-refractivity contribution in [2.45, 2.75) is 6.54 Å². The Morgan fingerprint density at radius 1 is 0.885 bits per heavy atom. The number of piperazine rings is 1. The number of hydrogen-bond acceptors (Lipinski definition) is 4. The van der Waals surface area contributed by atoms with Crippen molar-refractivity contribution >= 4 is 23.2 Å². The van der Waals surface area contributed by atoms with E-state index in [4.69, 9.17) is 0 Å². The van der Waals surface area contributed by atoms with Crippen molar-refractivity contribution in [3.8, 4) is 0 Å². The monoisotopic (exact) mass is 352 g/mol. The normalized spacial score (nSPS) is 14.7. The first-order valence-electron chi connectivity index (χ1n) is 8.78. The smallest absolute Gasteiger partial charge is 0.313 e. The Bertz CT molecular complexity index is 738. The fourth-order valence-corrected chi connectivity index (χ4v) is 2.87. The number of anilines is 2. The van der Waals surface area contributed by atoms with Gasteiger partial charge in [-0.15, -0.1) is 0 Å². The number of nitrogens with one attached hydrogen (secondary N) is 2. The van der Waals surface area contributed by atoms with Crippen LogP contribution in [0.5, 0.6) is 0 Å². The molecular formula is C20H24N4O2. The van der Waals surface area contributed by atoms with Crippen LogP contribution in [0, 0.1) is 0 Å². The number of nitrogens with zero attached hydrogens (tertiary/aromatic N) is 2. The predicted octanol–water partition coefficient (Wildman–Crippen LogP) is 1.69. The minimum absolute atomic E-state index is 0.329. The van der Waals surface area contributed by atoms with Gasteiger partial charge in [-0.25, -0.2) is 0 Å². The number of carbonyl (C=O) groups is 2. The lowest BCUT2D eigenvalue weighted by atomic mass is 10.2. The fourth-order valence-electron chi connectivity index (χ4n) is 2.87. The molecule has 3 rings (SSSR count). The molecule has 0 unspecified atom stereocenters. The molecule has 0 saturated carbocycles. The second-order valence-corrected chi connectivity index (χ2v) is 6.46. The second kappa shape index (κ2) is 8.49. The zero-order valence-corrected chi connectivity index (χ0v) is 14.9. The quantitative estimate of drug-likeness (QED) is 0.822. The van der Waals surface area contributed by atoms with Gasteiger partial charge in [-0.3, -0.25) is 9.59 Å². The number of amides is 2. The van der Waals surface area contributed by atoms with Gasteiger partial charge >= 0.3 is 11.8 Å². The highest BCUT2D eigenvalue weighted by Gasteiger charge is 2.15. The first-order valence-corrected chi connectivity index (χ1v) is 8.78. The number of likely N-dealkylation sites (N-methyl/N-ethyl adjacent to an activating group) is 1. The van der Waals surface area contributed by atoms with Crippen molar-refractivity contribution in [3.05, 3.63) is 60.2 Å². The van der Waals surface area contributed by atoms with Crippen molar-refractivity contribution in [3.63, 3.8) is 0 Å². The Labute approximate surface area is 153 Å². The van der Waals surface area contributed by atoms with E-state index < -0.39 is 11.8 Å². The molecule has 2 aromatic rings. The average molecular weight is 352 g/mol. The Balaban J connectivity index is 1.50. The van der Waals surface area contributed by atoms with Crippen LogP contribution in [0.25, 0.3) is 0 Å². The molecule has 2 amide bonds. The summed E-state index contributed by atoms with van der Waals surface area (Å²) in [7, 11) is 2.12. The van der Waals surface area contributed by atoms with E-state index in [-0.39, 0.29) is 0 Å². The molecule has 1 saturated heterocycles. The van der Waals surface area contributed by atoms with Crippen molar-refractivity contribution in [2.75, 3.05) is 43.4 Å². The van der Waals surface area contributed by atoms with Crippen LogP contribution >= 0.6 is 0 Å². The molecule has 1 fully saturated rings. The number of rotatable bonds is 4. The van der Waals surface area contributed by atoms with Gasteiger partial charge in [0, 0.05) is 44.1 Å². The molecule has 26 heavy (non-hydrogen) atoms. The summed E-state index contributed by atoms with van der Waals surface area (Å²) in [6, 6.07) is 17.1. The van der Waals surface area contributed by atoms with Gasteiger partial charge in [-0.05, 0) is 36.9 Å². The molecule has 1 aliphatic rings. The van der Waals surface area contributed by atoms with Crippen LogP contribution in [0.15, 0.2) is 54.6 Å². The first kappa shape index (κ1) is 17.9. The van der Waals surface area contributed by atoms with Gasteiger partial charge in [-0.1, -0.05) is 30.3 Å². The summed E-state index contributed by atoms with van der Waals surface area (Å²) in [4.78, 5) is 28.6. The van der Waals surface area contributed by atoms with Gasteiger partial charge in [0.05, 0.1) is 0 Å². The van der Waals surface area contributed by atoms with E-state index in [1.165, 1.54) is 0 Å². The maximum Gasteiger partial charge on any atom is 0.313 e. The van der Waals surface area contributed by atoms with Gasteiger partial charge in [0.25, 0.3) is 0 Å². The van der Waals surface area contributed by atoms with E-state index in [9.17, 15) is 9.59 Å². The molecule has 0 radical (unpaired) electrons. The number of hydrogen-bond donors (Lipinski definition) is 2.